The highest BCUT2D eigenvalue weighted by Crippen LogP contribution is 2.47. The fraction of sp³-hybridized carbons (Fsp3) is 0.500. The third-order valence-corrected chi connectivity index (χ3v) is 3.30. The van der Waals surface area contributed by atoms with Crippen molar-refractivity contribution in [3.8, 4) is 0 Å². The summed E-state index contributed by atoms with van der Waals surface area (Å²) in [6.07, 6.45) is 6.88. The highest BCUT2D eigenvalue weighted by atomic mass is 15.1. The first kappa shape index (κ1) is 8.64. The monoisotopic (exact) mass is 203 g/mol. The van der Waals surface area contributed by atoms with E-state index < -0.39 is 0 Å². The molecule has 1 aromatic heterocycles. The SMILES string of the molecule is Nc1nc(N)nc([C@@H]2C[C@@H]3C=C[C@@H]2C3)n1. The topological polar surface area (TPSA) is 90.7 Å². The molecular formula is C10H13N5. The molecule has 78 valence electrons. The number of nitrogens with zero attached hydrogens (tertiary/aromatic N) is 3. The van der Waals surface area contributed by atoms with Crippen LogP contribution in [-0.2, 0) is 0 Å². The Morgan fingerprint density at radius 1 is 1.00 bits per heavy atom. The van der Waals surface area contributed by atoms with Crippen molar-refractivity contribution in [1.29, 1.82) is 0 Å². The number of fused-ring (bicyclic) bond motifs is 2. The molecule has 0 spiro atoms. The fourth-order valence-corrected chi connectivity index (χ4v) is 2.67. The van der Waals surface area contributed by atoms with Crippen LogP contribution in [0.3, 0.4) is 0 Å². The second-order valence-electron chi connectivity index (χ2n) is 4.30. The first-order valence-corrected chi connectivity index (χ1v) is 5.17. The molecule has 1 aromatic rings. The summed E-state index contributed by atoms with van der Waals surface area (Å²) in [6, 6.07) is 0. The highest BCUT2D eigenvalue weighted by molar-refractivity contribution is 5.29. The minimum Gasteiger partial charge on any atom is -0.368 e. The van der Waals surface area contributed by atoms with E-state index in [0.717, 1.165) is 12.2 Å². The molecular weight excluding hydrogens is 190 g/mol. The molecule has 0 amide bonds. The Labute approximate surface area is 87.6 Å². The summed E-state index contributed by atoms with van der Waals surface area (Å²) >= 11 is 0. The molecule has 1 saturated carbocycles. The minimum absolute atomic E-state index is 0.226. The minimum atomic E-state index is 0.226. The predicted molar refractivity (Wildman–Crippen MR) is 56.7 cm³/mol. The molecule has 3 rings (SSSR count). The first-order chi connectivity index (χ1) is 7.22. The van der Waals surface area contributed by atoms with Crippen LogP contribution in [0.2, 0.25) is 0 Å². The van der Waals surface area contributed by atoms with Crippen molar-refractivity contribution in [2.75, 3.05) is 11.5 Å². The molecule has 0 aromatic carbocycles. The number of nitrogen functional groups attached to an aromatic ring is 2. The Morgan fingerprint density at radius 2 is 1.73 bits per heavy atom. The summed E-state index contributed by atoms with van der Waals surface area (Å²) in [5.74, 6) is 2.85. The standard InChI is InChI=1S/C10H13N5/c11-9-13-8(14-10(12)15-9)7-4-5-1-2-6(7)3-5/h1-2,5-7H,3-4H2,(H4,11,12,13,14,15)/t5-,6-,7-/m1/s1. The lowest BCUT2D eigenvalue weighted by Crippen LogP contribution is -2.13. The molecule has 0 aliphatic heterocycles. The van der Waals surface area contributed by atoms with E-state index >= 15 is 0 Å². The Bertz CT molecular complexity index is 408. The van der Waals surface area contributed by atoms with Gasteiger partial charge in [-0.2, -0.15) is 15.0 Å². The molecule has 0 saturated heterocycles. The third-order valence-electron chi connectivity index (χ3n) is 3.30. The van der Waals surface area contributed by atoms with E-state index in [1.54, 1.807) is 0 Å². The fourth-order valence-electron chi connectivity index (χ4n) is 2.67. The molecule has 0 radical (unpaired) electrons. The van der Waals surface area contributed by atoms with Crippen LogP contribution in [0.15, 0.2) is 12.2 Å². The number of rotatable bonds is 1. The lowest BCUT2D eigenvalue weighted by Gasteiger charge is -2.16. The van der Waals surface area contributed by atoms with Crippen LogP contribution in [0.5, 0.6) is 0 Å². The van der Waals surface area contributed by atoms with Crippen molar-refractivity contribution in [1.82, 2.24) is 15.0 Å². The van der Waals surface area contributed by atoms with Gasteiger partial charge >= 0.3 is 0 Å². The van der Waals surface area contributed by atoms with E-state index in [9.17, 15) is 0 Å². The molecule has 2 bridgehead atoms. The van der Waals surface area contributed by atoms with E-state index in [1.165, 1.54) is 6.42 Å². The average Bonchev–Trinajstić information content (AvgIpc) is 2.76. The molecule has 3 atom stereocenters. The van der Waals surface area contributed by atoms with Crippen molar-refractivity contribution in [2.24, 2.45) is 11.8 Å². The molecule has 4 N–H and O–H groups in total. The van der Waals surface area contributed by atoms with Crippen molar-refractivity contribution in [3.63, 3.8) is 0 Å². The summed E-state index contributed by atoms with van der Waals surface area (Å²) in [5, 5.41) is 0. The van der Waals surface area contributed by atoms with Crippen LogP contribution >= 0.6 is 0 Å². The Balaban J connectivity index is 1.96. The second kappa shape index (κ2) is 2.92. The van der Waals surface area contributed by atoms with Crippen LogP contribution in [-0.4, -0.2) is 15.0 Å². The van der Waals surface area contributed by atoms with Gasteiger partial charge in [0.05, 0.1) is 0 Å². The van der Waals surface area contributed by atoms with E-state index in [1.807, 2.05) is 0 Å². The molecule has 2 aliphatic carbocycles. The maximum atomic E-state index is 5.56. The van der Waals surface area contributed by atoms with E-state index in [2.05, 4.69) is 27.1 Å². The van der Waals surface area contributed by atoms with Gasteiger partial charge in [-0.05, 0) is 24.7 Å². The smallest absolute Gasteiger partial charge is 0.225 e. The van der Waals surface area contributed by atoms with E-state index in [0.29, 0.717) is 17.8 Å². The number of nitrogens with two attached hydrogens (primary N) is 2. The summed E-state index contributed by atoms with van der Waals surface area (Å²) in [6.45, 7) is 0. The zero-order valence-corrected chi connectivity index (χ0v) is 8.30. The number of allylic oxidation sites excluding steroid dienone is 2. The number of anilines is 2. The van der Waals surface area contributed by atoms with Gasteiger partial charge < -0.3 is 11.5 Å². The van der Waals surface area contributed by atoms with Gasteiger partial charge in [0.25, 0.3) is 0 Å². The maximum Gasteiger partial charge on any atom is 0.225 e. The van der Waals surface area contributed by atoms with Gasteiger partial charge in [0.15, 0.2) is 0 Å². The number of hydrogen-bond acceptors (Lipinski definition) is 5. The van der Waals surface area contributed by atoms with Crippen molar-refractivity contribution in [3.05, 3.63) is 18.0 Å². The average molecular weight is 203 g/mol. The maximum absolute atomic E-state index is 5.56. The van der Waals surface area contributed by atoms with E-state index in [-0.39, 0.29) is 11.9 Å². The largest absolute Gasteiger partial charge is 0.368 e. The Hall–Kier alpha value is -1.65. The molecule has 1 fully saturated rings. The lowest BCUT2D eigenvalue weighted by atomic mass is 9.93. The van der Waals surface area contributed by atoms with E-state index in [4.69, 9.17) is 11.5 Å². The van der Waals surface area contributed by atoms with Crippen LogP contribution in [0.1, 0.15) is 24.6 Å². The number of hydrogen-bond donors (Lipinski definition) is 2. The summed E-state index contributed by atoms with van der Waals surface area (Å²) in [7, 11) is 0. The molecule has 2 aliphatic rings. The third kappa shape index (κ3) is 1.35. The molecule has 0 unspecified atom stereocenters. The Kier molecular flexibility index (Phi) is 1.68. The van der Waals surface area contributed by atoms with Crippen LogP contribution in [0.25, 0.3) is 0 Å². The zero-order valence-electron chi connectivity index (χ0n) is 8.30. The Morgan fingerprint density at radius 3 is 2.27 bits per heavy atom. The molecule has 1 heterocycles. The van der Waals surface area contributed by atoms with Crippen LogP contribution < -0.4 is 11.5 Å². The van der Waals surface area contributed by atoms with Gasteiger partial charge in [-0.15, -0.1) is 0 Å². The summed E-state index contributed by atoms with van der Waals surface area (Å²) in [4.78, 5) is 12.1. The molecule has 15 heavy (non-hydrogen) atoms. The van der Waals surface area contributed by atoms with Crippen molar-refractivity contribution >= 4 is 11.9 Å². The van der Waals surface area contributed by atoms with Gasteiger partial charge in [-0.25, -0.2) is 0 Å². The van der Waals surface area contributed by atoms with Gasteiger partial charge in [-0.3, -0.25) is 0 Å². The van der Waals surface area contributed by atoms with Crippen molar-refractivity contribution < 1.29 is 0 Å². The normalized spacial score (nSPS) is 32.4. The molecule has 5 heteroatoms. The lowest BCUT2D eigenvalue weighted by molar-refractivity contribution is 0.552. The highest BCUT2D eigenvalue weighted by Gasteiger charge is 2.38. The second-order valence-corrected chi connectivity index (χ2v) is 4.30. The summed E-state index contributed by atoms with van der Waals surface area (Å²) in [5.41, 5.74) is 11.1. The quantitative estimate of drug-likeness (QED) is 0.656. The predicted octanol–water partition coefficient (Wildman–Crippen LogP) is 0.716. The van der Waals surface area contributed by atoms with Gasteiger partial charge in [0.2, 0.25) is 11.9 Å². The summed E-state index contributed by atoms with van der Waals surface area (Å²) < 4.78 is 0. The van der Waals surface area contributed by atoms with Crippen LogP contribution in [0.4, 0.5) is 11.9 Å². The van der Waals surface area contributed by atoms with Gasteiger partial charge in [0, 0.05) is 5.92 Å². The van der Waals surface area contributed by atoms with Crippen LogP contribution in [0, 0.1) is 11.8 Å². The molecule has 5 nitrogen and oxygen atoms in total. The number of aromatic nitrogens is 3. The van der Waals surface area contributed by atoms with Crippen molar-refractivity contribution in [2.45, 2.75) is 18.8 Å². The van der Waals surface area contributed by atoms with Gasteiger partial charge in [-0.1, -0.05) is 12.2 Å². The zero-order chi connectivity index (χ0) is 10.4. The van der Waals surface area contributed by atoms with Gasteiger partial charge in [0.1, 0.15) is 5.82 Å². The first-order valence-electron chi connectivity index (χ1n) is 5.17.